The summed E-state index contributed by atoms with van der Waals surface area (Å²) in [5.41, 5.74) is 2.77. The maximum absolute atomic E-state index is 11.8. The van der Waals surface area contributed by atoms with Crippen LogP contribution >= 0.6 is 11.6 Å². The second-order valence-corrected chi connectivity index (χ2v) is 6.51. The van der Waals surface area contributed by atoms with Crippen LogP contribution in [0, 0.1) is 0 Å². The first-order valence-electron chi connectivity index (χ1n) is 8.25. The van der Waals surface area contributed by atoms with Crippen LogP contribution in [0.4, 0.5) is 0 Å². The molecule has 0 aliphatic rings. The molecule has 2 N–H and O–H groups in total. The van der Waals surface area contributed by atoms with Crippen LogP contribution in [0.3, 0.4) is 0 Å². The normalized spacial score (nSPS) is 12.4. The molecule has 0 bridgehead atoms. The summed E-state index contributed by atoms with van der Waals surface area (Å²) in [5, 5.41) is 15.0. The summed E-state index contributed by atoms with van der Waals surface area (Å²) in [7, 11) is 0. The summed E-state index contributed by atoms with van der Waals surface area (Å²) in [6.07, 6.45) is 0.703. The molecule has 0 aliphatic carbocycles. The molecule has 4 nitrogen and oxygen atoms in total. The van der Waals surface area contributed by atoms with E-state index in [9.17, 15) is 9.90 Å². The van der Waals surface area contributed by atoms with E-state index >= 15 is 0 Å². The Balaban J connectivity index is 1.90. The highest BCUT2D eigenvalue weighted by atomic mass is 35.5. The standard InChI is InChI=1S/C20H20ClNO3/c1-3-13-8-17-15(9-20(24)25-19(17)10-18(13)23)11-22-12(2)14-4-6-16(21)7-5-14/h4-10,12,22-23H,3,11H2,1-2H3/t12-/m0/s1. The lowest BCUT2D eigenvalue weighted by atomic mass is 10.0. The number of halogens is 1. The molecule has 0 aliphatic heterocycles. The minimum atomic E-state index is -0.424. The van der Waals surface area contributed by atoms with Crippen molar-refractivity contribution in [3.05, 3.63) is 74.6 Å². The number of hydrogen-bond donors (Lipinski definition) is 2. The summed E-state index contributed by atoms with van der Waals surface area (Å²) in [6, 6.07) is 12.7. The maximum Gasteiger partial charge on any atom is 0.336 e. The number of nitrogens with one attached hydrogen (secondary N) is 1. The number of aryl methyl sites for hydroxylation is 1. The lowest BCUT2D eigenvalue weighted by molar-refractivity contribution is 0.466. The average Bonchev–Trinajstić information content (AvgIpc) is 2.59. The molecular weight excluding hydrogens is 338 g/mol. The van der Waals surface area contributed by atoms with Crippen molar-refractivity contribution in [3.8, 4) is 5.75 Å². The van der Waals surface area contributed by atoms with Gasteiger partial charge >= 0.3 is 5.63 Å². The fourth-order valence-corrected chi connectivity index (χ4v) is 2.99. The zero-order valence-corrected chi connectivity index (χ0v) is 14.9. The Labute approximate surface area is 151 Å². The molecule has 1 aromatic heterocycles. The van der Waals surface area contributed by atoms with E-state index in [-0.39, 0.29) is 11.8 Å². The highest BCUT2D eigenvalue weighted by Gasteiger charge is 2.11. The van der Waals surface area contributed by atoms with Gasteiger partial charge in [-0.25, -0.2) is 4.79 Å². The Morgan fingerprint density at radius 2 is 1.88 bits per heavy atom. The SMILES string of the molecule is CCc1cc2c(CN[C@@H](C)c3ccc(Cl)cc3)cc(=O)oc2cc1O. The molecule has 2 aromatic carbocycles. The fourth-order valence-electron chi connectivity index (χ4n) is 2.87. The largest absolute Gasteiger partial charge is 0.508 e. The molecule has 0 fully saturated rings. The minimum absolute atomic E-state index is 0.0994. The topological polar surface area (TPSA) is 62.5 Å². The van der Waals surface area contributed by atoms with Crippen molar-refractivity contribution in [1.29, 1.82) is 0 Å². The Kier molecular flexibility index (Phi) is 5.11. The van der Waals surface area contributed by atoms with E-state index in [0.717, 1.165) is 22.1 Å². The van der Waals surface area contributed by atoms with Crippen LogP contribution in [-0.4, -0.2) is 5.11 Å². The number of phenolic OH excluding ortho intramolecular Hbond substituents is 1. The molecule has 5 heteroatoms. The van der Waals surface area contributed by atoms with Crippen LogP contribution in [0.15, 0.2) is 51.7 Å². The second-order valence-electron chi connectivity index (χ2n) is 6.08. The Hall–Kier alpha value is -2.30. The first-order valence-corrected chi connectivity index (χ1v) is 8.63. The van der Waals surface area contributed by atoms with Crippen molar-refractivity contribution >= 4 is 22.6 Å². The van der Waals surface area contributed by atoms with Gasteiger partial charge < -0.3 is 14.8 Å². The van der Waals surface area contributed by atoms with Crippen molar-refractivity contribution in [2.45, 2.75) is 32.9 Å². The molecule has 130 valence electrons. The first-order chi connectivity index (χ1) is 12.0. The number of aromatic hydroxyl groups is 1. The summed E-state index contributed by atoms with van der Waals surface area (Å²) >= 11 is 5.93. The quantitative estimate of drug-likeness (QED) is 0.657. The molecule has 1 heterocycles. The van der Waals surface area contributed by atoms with Gasteiger partial charge in [0.05, 0.1) is 0 Å². The molecule has 1 atom stereocenters. The average molecular weight is 358 g/mol. The first kappa shape index (κ1) is 17.5. The van der Waals surface area contributed by atoms with Crippen LogP contribution in [0.2, 0.25) is 5.02 Å². The van der Waals surface area contributed by atoms with Crippen LogP contribution < -0.4 is 10.9 Å². The predicted octanol–water partition coefficient (Wildman–Crippen LogP) is 4.57. The van der Waals surface area contributed by atoms with E-state index in [0.29, 0.717) is 23.6 Å². The second kappa shape index (κ2) is 7.30. The lowest BCUT2D eigenvalue weighted by Crippen LogP contribution is -2.19. The molecule has 3 aromatic rings. The molecular formula is C20H20ClNO3. The predicted molar refractivity (Wildman–Crippen MR) is 100 cm³/mol. The van der Waals surface area contributed by atoms with Crippen molar-refractivity contribution in [3.63, 3.8) is 0 Å². The van der Waals surface area contributed by atoms with Crippen LogP contribution in [-0.2, 0) is 13.0 Å². The molecule has 0 saturated heterocycles. The van der Waals surface area contributed by atoms with E-state index in [1.54, 1.807) is 0 Å². The minimum Gasteiger partial charge on any atom is -0.508 e. The number of fused-ring (bicyclic) bond motifs is 1. The highest BCUT2D eigenvalue weighted by molar-refractivity contribution is 6.30. The maximum atomic E-state index is 11.8. The van der Waals surface area contributed by atoms with E-state index in [2.05, 4.69) is 12.2 Å². The van der Waals surface area contributed by atoms with Gasteiger partial charge in [0.15, 0.2) is 0 Å². The van der Waals surface area contributed by atoms with Gasteiger partial charge in [0.2, 0.25) is 0 Å². The molecule has 3 rings (SSSR count). The van der Waals surface area contributed by atoms with E-state index in [4.69, 9.17) is 16.0 Å². The van der Waals surface area contributed by atoms with Gasteiger partial charge in [-0.1, -0.05) is 30.7 Å². The third-order valence-electron chi connectivity index (χ3n) is 4.38. The Morgan fingerprint density at radius 1 is 1.16 bits per heavy atom. The summed E-state index contributed by atoms with van der Waals surface area (Å²) < 4.78 is 5.23. The smallest absolute Gasteiger partial charge is 0.336 e. The van der Waals surface area contributed by atoms with E-state index < -0.39 is 5.63 Å². The van der Waals surface area contributed by atoms with Gasteiger partial charge in [-0.3, -0.25) is 0 Å². The zero-order chi connectivity index (χ0) is 18.0. The van der Waals surface area contributed by atoms with Crippen molar-refractivity contribution in [2.75, 3.05) is 0 Å². The Bertz CT molecular complexity index is 948. The molecule has 0 saturated carbocycles. The molecule has 0 unspecified atom stereocenters. The number of hydrogen-bond acceptors (Lipinski definition) is 4. The molecule has 0 radical (unpaired) electrons. The van der Waals surface area contributed by atoms with Crippen LogP contribution in [0.25, 0.3) is 11.0 Å². The zero-order valence-electron chi connectivity index (χ0n) is 14.2. The Morgan fingerprint density at radius 3 is 2.56 bits per heavy atom. The lowest BCUT2D eigenvalue weighted by Gasteiger charge is -2.15. The van der Waals surface area contributed by atoms with Crippen molar-refractivity contribution < 1.29 is 9.52 Å². The van der Waals surface area contributed by atoms with Crippen molar-refractivity contribution in [2.24, 2.45) is 0 Å². The van der Waals surface area contributed by atoms with Crippen LogP contribution in [0.5, 0.6) is 5.75 Å². The molecule has 0 amide bonds. The monoisotopic (exact) mass is 357 g/mol. The fraction of sp³-hybridized carbons (Fsp3) is 0.250. The van der Waals surface area contributed by atoms with Gasteiger partial charge in [0.25, 0.3) is 0 Å². The summed E-state index contributed by atoms with van der Waals surface area (Å²) in [4.78, 5) is 11.8. The van der Waals surface area contributed by atoms with E-state index in [1.807, 2.05) is 37.3 Å². The third kappa shape index (κ3) is 3.86. The summed E-state index contributed by atoms with van der Waals surface area (Å²) in [6.45, 7) is 4.54. The number of benzene rings is 2. The summed E-state index contributed by atoms with van der Waals surface area (Å²) in [5.74, 6) is 0.151. The van der Waals surface area contributed by atoms with Gasteiger partial charge in [-0.2, -0.15) is 0 Å². The number of rotatable bonds is 5. The van der Waals surface area contributed by atoms with Crippen molar-refractivity contribution in [1.82, 2.24) is 5.32 Å². The number of phenols is 1. The van der Waals surface area contributed by atoms with E-state index in [1.165, 1.54) is 12.1 Å². The van der Waals surface area contributed by atoms with Gasteiger partial charge in [-0.15, -0.1) is 0 Å². The molecule has 25 heavy (non-hydrogen) atoms. The third-order valence-corrected chi connectivity index (χ3v) is 4.63. The highest BCUT2D eigenvalue weighted by Crippen LogP contribution is 2.27. The van der Waals surface area contributed by atoms with Gasteiger partial charge in [-0.05, 0) is 48.2 Å². The molecule has 0 spiro atoms. The van der Waals surface area contributed by atoms with Gasteiger partial charge in [0.1, 0.15) is 11.3 Å². The van der Waals surface area contributed by atoms with Crippen LogP contribution in [0.1, 0.15) is 36.6 Å². The van der Waals surface area contributed by atoms with Gasteiger partial charge in [0, 0.05) is 35.1 Å².